The maximum atomic E-state index is 5.73. The highest BCUT2D eigenvalue weighted by molar-refractivity contribution is 7.18. The standard InChI is InChI=1S/C15H16N4S2/c16-15-17-8-10(20-15)9-19-7-3-5-12(19)14-18-11-4-1-2-6-13(11)21-14/h1-2,4,6,8,12H,3,5,7,9H2,(H2,16,17). The van der Waals surface area contributed by atoms with Crippen LogP contribution in [0.1, 0.15) is 28.8 Å². The zero-order valence-electron chi connectivity index (χ0n) is 11.5. The molecule has 4 nitrogen and oxygen atoms in total. The van der Waals surface area contributed by atoms with Gasteiger partial charge in [0.15, 0.2) is 5.13 Å². The zero-order chi connectivity index (χ0) is 14.2. The summed E-state index contributed by atoms with van der Waals surface area (Å²) in [5, 5.41) is 1.90. The van der Waals surface area contributed by atoms with Crippen molar-refractivity contribution >= 4 is 38.0 Å². The first-order valence-corrected chi connectivity index (χ1v) is 8.72. The van der Waals surface area contributed by atoms with Gasteiger partial charge in [-0.2, -0.15) is 0 Å². The van der Waals surface area contributed by atoms with Crippen molar-refractivity contribution in [3.63, 3.8) is 0 Å². The molecule has 1 saturated heterocycles. The number of nitrogens with zero attached hydrogens (tertiary/aromatic N) is 3. The van der Waals surface area contributed by atoms with Gasteiger partial charge in [-0.3, -0.25) is 4.90 Å². The Labute approximate surface area is 131 Å². The van der Waals surface area contributed by atoms with E-state index in [1.165, 1.54) is 27.4 Å². The van der Waals surface area contributed by atoms with Crippen molar-refractivity contribution in [3.8, 4) is 0 Å². The second-order valence-electron chi connectivity index (χ2n) is 5.31. The average Bonchev–Trinajstić information content (AvgIpc) is 3.18. The number of thiazole rings is 2. The van der Waals surface area contributed by atoms with Gasteiger partial charge in [0.1, 0.15) is 5.01 Å². The molecule has 1 aliphatic heterocycles. The van der Waals surface area contributed by atoms with E-state index in [0.717, 1.165) is 18.6 Å². The summed E-state index contributed by atoms with van der Waals surface area (Å²) in [4.78, 5) is 12.7. The van der Waals surface area contributed by atoms with E-state index in [9.17, 15) is 0 Å². The molecule has 1 atom stereocenters. The average molecular weight is 316 g/mol. The predicted octanol–water partition coefficient (Wildman–Crippen LogP) is 3.67. The number of fused-ring (bicyclic) bond motifs is 1. The summed E-state index contributed by atoms with van der Waals surface area (Å²) in [5.74, 6) is 0. The van der Waals surface area contributed by atoms with Gasteiger partial charge in [-0.15, -0.1) is 22.7 Å². The number of likely N-dealkylation sites (tertiary alicyclic amines) is 1. The molecule has 1 aliphatic rings. The fraction of sp³-hybridized carbons (Fsp3) is 0.333. The molecule has 0 radical (unpaired) electrons. The SMILES string of the molecule is Nc1ncc(CN2CCCC2c2nc3ccccc3s2)s1. The number of hydrogen-bond acceptors (Lipinski definition) is 6. The molecule has 21 heavy (non-hydrogen) atoms. The molecule has 0 bridgehead atoms. The van der Waals surface area contributed by atoms with Crippen LogP contribution < -0.4 is 5.73 Å². The number of aromatic nitrogens is 2. The number of rotatable bonds is 3. The Bertz CT molecular complexity index is 731. The molecular formula is C15H16N4S2. The van der Waals surface area contributed by atoms with Crippen LogP contribution in [0.4, 0.5) is 5.13 Å². The summed E-state index contributed by atoms with van der Waals surface area (Å²) in [6.45, 7) is 2.05. The Hall–Kier alpha value is -1.50. The van der Waals surface area contributed by atoms with Crippen molar-refractivity contribution in [1.29, 1.82) is 0 Å². The van der Waals surface area contributed by atoms with Crippen molar-refractivity contribution < 1.29 is 0 Å². The molecule has 0 saturated carbocycles. The van der Waals surface area contributed by atoms with Crippen molar-refractivity contribution in [1.82, 2.24) is 14.9 Å². The van der Waals surface area contributed by atoms with E-state index >= 15 is 0 Å². The molecule has 1 unspecified atom stereocenters. The molecule has 0 spiro atoms. The molecule has 1 fully saturated rings. The van der Waals surface area contributed by atoms with E-state index < -0.39 is 0 Å². The minimum Gasteiger partial charge on any atom is -0.375 e. The first-order chi connectivity index (χ1) is 10.3. The van der Waals surface area contributed by atoms with Crippen LogP contribution >= 0.6 is 22.7 Å². The van der Waals surface area contributed by atoms with Gasteiger partial charge in [0.25, 0.3) is 0 Å². The van der Waals surface area contributed by atoms with Gasteiger partial charge in [0.05, 0.1) is 16.3 Å². The Kier molecular flexibility index (Phi) is 3.37. The van der Waals surface area contributed by atoms with Crippen molar-refractivity contribution in [3.05, 3.63) is 40.3 Å². The lowest BCUT2D eigenvalue weighted by Gasteiger charge is -2.21. The number of benzene rings is 1. The van der Waals surface area contributed by atoms with Gasteiger partial charge in [0, 0.05) is 17.6 Å². The van der Waals surface area contributed by atoms with Crippen LogP contribution in [0.3, 0.4) is 0 Å². The van der Waals surface area contributed by atoms with Crippen LogP contribution in [0.5, 0.6) is 0 Å². The molecule has 0 amide bonds. The minimum atomic E-state index is 0.436. The zero-order valence-corrected chi connectivity index (χ0v) is 13.2. The van der Waals surface area contributed by atoms with Gasteiger partial charge in [0.2, 0.25) is 0 Å². The quantitative estimate of drug-likeness (QED) is 0.801. The Morgan fingerprint density at radius 2 is 2.19 bits per heavy atom. The predicted molar refractivity (Wildman–Crippen MR) is 88.5 cm³/mol. The molecule has 4 rings (SSSR count). The van der Waals surface area contributed by atoms with E-state index in [1.54, 1.807) is 11.3 Å². The number of para-hydroxylation sites is 1. The normalized spacial score (nSPS) is 19.5. The molecule has 3 heterocycles. The maximum absolute atomic E-state index is 5.73. The Morgan fingerprint density at radius 3 is 3.00 bits per heavy atom. The molecule has 2 aromatic heterocycles. The highest BCUT2D eigenvalue weighted by Crippen LogP contribution is 2.37. The highest BCUT2D eigenvalue weighted by Gasteiger charge is 2.29. The van der Waals surface area contributed by atoms with Gasteiger partial charge in [-0.05, 0) is 31.5 Å². The lowest BCUT2D eigenvalue weighted by atomic mass is 10.2. The van der Waals surface area contributed by atoms with Crippen LogP contribution in [0, 0.1) is 0 Å². The molecular weight excluding hydrogens is 300 g/mol. The van der Waals surface area contributed by atoms with Crippen LogP contribution in [-0.2, 0) is 6.54 Å². The van der Waals surface area contributed by atoms with E-state index in [-0.39, 0.29) is 0 Å². The maximum Gasteiger partial charge on any atom is 0.180 e. The second kappa shape index (κ2) is 5.36. The van der Waals surface area contributed by atoms with Crippen molar-refractivity contribution in [2.45, 2.75) is 25.4 Å². The van der Waals surface area contributed by atoms with E-state index in [2.05, 4.69) is 34.1 Å². The fourth-order valence-corrected chi connectivity index (χ4v) is 4.77. The summed E-state index contributed by atoms with van der Waals surface area (Å²) < 4.78 is 1.28. The van der Waals surface area contributed by atoms with Gasteiger partial charge >= 0.3 is 0 Å². The fourth-order valence-electron chi connectivity index (χ4n) is 2.92. The molecule has 2 N–H and O–H groups in total. The van der Waals surface area contributed by atoms with Crippen LogP contribution in [-0.4, -0.2) is 21.4 Å². The molecule has 1 aromatic carbocycles. The van der Waals surface area contributed by atoms with Gasteiger partial charge in [-0.25, -0.2) is 9.97 Å². The lowest BCUT2D eigenvalue weighted by molar-refractivity contribution is 0.250. The molecule has 6 heteroatoms. The third-order valence-electron chi connectivity index (χ3n) is 3.89. The van der Waals surface area contributed by atoms with E-state index in [0.29, 0.717) is 11.2 Å². The van der Waals surface area contributed by atoms with Gasteiger partial charge < -0.3 is 5.73 Å². The molecule has 3 aromatic rings. The third-order valence-corrected chi connectivity index (χ3v) is 5.84. The Morgan fingerprint density at radius 1 is 1.29 bits per heavy atom. The van der Waals surface area contributed by atoms with Crippen LogP contribution in [0.15, 0.2) is 30.5 Å². The minimum absolute atomic E-state index is 0.436. The van der Waals surface area contributed by atoms with E-state index in [1.807, 2.05) is 17.5 Å². The smallest absolute Gasteiger partial charge is 0.180 e. The summed E-state index contributed by atoms with van der Waals surface area (Å²) in [6.07, 6.45) is 4.32. The Balaban J connectivity index is 1.60. The summed E-state index contributed by atoms with van der Waals surface area (Å²) in [7, 11) is 0. The van der Waals surface area contributed by atoms with Gasteiger partial charge in [-0.1, -0.05) is 12.1 Å². The van der Waals surface area contributed by atoms with Crippen molar-refractivity contribution in [2.75, 3.05) is 12.3 Å². The van der Waals surface area contributed by atoms with E-state index in [4.69, 9.17) is 10.7 Å². The van der Waals surface area contributed by atoms with Crippen LogP contribution in [0.2, 0.25) is 0 Å². The molecule has 0 aliphatic carbocycles. The first-order valence-electron chi connectivity index (χ1n) is 7.09. The summed E-state index contributed by atoms with van der Waals surface area (Å²) in [5.41, 5.74) is 6.85. The highest BCUT2D eigenvalue weighted by atomic mass is 32.1. The summed E-state index contributed by atoms with van der Waals surface area (Å²) in [6, 6.07) is 8.82. The topological polar surface area (TPSA) is 55.0 Å². The number of nitrogen functional groups attached to an aromatic ring is 1. The van der Waals surface area contributed by atoms with Crippen molar-refractivity contribution in [2.24, 2.45) is 0 Å². The monoisotopic (exact) mass is 316 g/mol. The number of anilines is 1. The largest absolute Gasteiger partial charge is 0.375 e. The third kappa shape index (κ3) is 2.54. The number of nitrogens with two attached hydrogens (primary N) is 1. The summed E-state index contributed by atoms with van der Waals surface area (Å²) >= 11 is 3.41. The second-order valence-corrected chi connectivity index (χ2v) is 7.52. The molecule has 108 valence electrons. The van der Waals surface area contributed by atoms with Crippen LogP contribution in [0.25, 0.3) is 10.2 Å². The first kappa shape index (κ1) is 13.2. The lowest BCUT2D eigenvalue weighted by Crippen LogP contribution is -2.22. The number of hydrogen-bond donors (Lipinski definition) is 1.